The third-order valence-electron chi connectivity index (χ3n) is 6.35. The lowest BCUT2D eigenvalue weighted by Crippen LogP contribution is -2.33. The van der Waals surface area contributed by atoms with E-state index in [4.69, 9.17) is 0 Å². The number of nitro groups is 1. The van der Waals surface area contributed by atoms with Crippen LogP contribution >= 0.6 is 0 Å². The van der Waals surface area contributed by atoms with Gasteiger partial charge in [0, 0.05) is 42.4 Å². The van der Waals surface area contributed by atoms with Crippen molar-refractivity contribution in [2.45, 2.75) is 45.1 Å². The average molecular weight is 420 g/mol. The summed E-state index contributed by atoms with van der Waals surface area (Å²) >= 11 is 0. The van der Waals surface area contributed by atoms with Crippen LogP contribution in [0.4, 0.5) is 11.4 Å². The molecule has 0 bridgehead atoms. The van der Waals surface area contributed by atoms with Crippen LogP contribution in [0, 0.1) is 16.0 Å². The first-order chi connectivity index (χ1) is 15.0. The third kappa shape index (κ3) is 4.07. The highest BCUT2D eigenvalue weighted by Gasteiger charge is 2.38. The van der Waals surface area contributed by atoms with Crippen molar-refractivity contribution in [3.63, 3.8) is 0 Å². The highest BCUT2D eigenvalue weighted by atomic mass is 16.6. The zero-order valence-electron chi connectivity index (χ0n) is 18.1. The maximum Gasteiger partial charge on any atom is 0.269 e. The number of non-ortho nitro benzene ring substituents is 1. The van der Waals surface area contributed by atoms with E-state index in [0.29, 0.717) is 5.92 Å². The summed E-state index contributed by atoms with van der Waals surface area (Å²) in [5.41, 5.74) is 4.09. The number of nitrogens with one attached hydrogen (secondary N) is 1. The Kier molecular flexibility index (Phi) is 6.07. The molecule has 2 aliphatic rings. The van der Waals surface area contributed by atoms with E-state index in [1.807, 2.05) is 29.2 Å². The normalized spacial score (nSPS) is 21.2. The summed E-state index contributed by atoms with van der Waals surface area (Å²) in [5.74, 6) is 0.652. The SMILES string of the molecule is CCCN(CCC)C(=O)c1ccc2c(c1)C1C=CCC1C(c1ccc([N+](=O)[O-])cc1)N2. The molecule has 3 unspecified atom stereocenters. The van der Waals surface area contributed by atoms with Gasteiger partial charge in [0.2, 0.25) is 0 Å². The predicted molar refractivity (Wildman–Crippen MR) is 122 cm³/mol. The molecular formula is C25H29N3O3. The van der Waals surface area contributed by atoms with Crippen LogP contribution in [-0.2, 0) is 0 Å². The predicted octanol–water partition coefficient (Wildman–Crippen LogP) is 5.68. The van der Waals surface area contributed by atoms with Gasteiger partial charge >= 0.3 is 0 Å². The average Bonchev–Trinajstić information content (AvgIpc) is 3.28. The highest BCUT2D eigenvalue weighted by Crippen LogP contribution is 2.50. The van der Waals surface area contributed by atoms with E-state index in [2.05, 4.69) is 37.4 Å². The molecule has 31 heavy (non-hydrogen) atoms. The molecule has 3 atom stereocenters. The standard InChI is InChI=1S/C25H29N3O3/c1-3-14-27(15-4-2)25(29)18-10-13-23-22(16-18)20-6-5-7-21(20)24(26-23)17-8-11-19(12-9-17)28(30)31/h5-6,8-13,16,20-21,24,26H,3-4,7,14-15H2,1-2H3. The number of anilines is 1. The molecule has 1 amide bonds. The number of hydrogen-bond donors (Lipinski definition) is 1. The first-order valence-corrected chi connectivity index (χ1v) is 11.1. The summed E-state index contributed by atoms with van der Waals surface area (Å²) in [6.07, 6.45) is 7.28. The molecule has 2 aromatic rings. The van der Waals surface area contributed by atoms with Gasteiger partial charge in [0.1, 0.15) is 0 Å². The van der Waals surface area contributed by atoms with E-state index in [-0.39, 0.29) is 28.5 Å². The summed E-state index contributed by atoms with van der Waals surface area (Å²) in [7, 11) is 0. The number of allylic oxidation sites excluding steroid dienone is 2. The van der Waals surface area contributed by atoms with Crippen molar-refractivity contribution in [3.05, 3.63) is 81.4 Å². The quantitative estimate of drug-likeness (QED) is 0.356. The molecule has 4 rings (SSSR count). The van der Waals surface area contributed by atoms with Gasteiger partial charge in [-0.3, -0.25) is 14.9 Å². The van der Waals surface area contributed by atoms with E-state index in [9.17, 15) is 14.9 Å². The molecule has 0 radical (unpaired) electrons. The molecule has 6 nitrogen and oxygen atoms in total. The minimum Gasteiger partial charge on any atom is -0.378 e. The largest absolute Gasteiger partial charge is 0.378 e. The number of hydrogen-bond acceptors (Lipinski definition) is 4. The molecule has 0 saturated heterocycles. The monoisotopic (exact) mass is 419 g/mol. The van der Waals surface area contributed by atoms with Crippen molar-refractivity contribution < 1.29 is 9.72 Å². The first-order valence-electron chi connectivity index (χ1n) is 11.1. The number of benzene rings is 2. The van der Waals surface area contributed by atoms with Gasteiger partial charge in [-0.1, -0.05) is 38.1 Å². The van der Waals surface area contributed by atoms with Crippen molar-refractivity contribution in [2.24, 2.45) is 5.92 Å². The van der Waals surface area contributed by atoms with Crippen LogP contribution in [0.15, 0.2) is 54.6 Å². The van der Waals surface area contributed by atoms with Gasteiger partial charge in [0.05, 0.1) is 11.0 Å². The second-order valence-corrected chi connectivity index (χ2v) is 8.42. The highest BCUT2D eigenvalue weighted by molar-refractivity contribution is 5.95. The zero-order valence-corrected chi connectivity index (χ0v) is 18.1. The molecule has 1 N–H and O–H groups in total. The molecule has 6 heteroatoms. The molecule has 1 aliphatic heterocycles. The molecule has 1 heterocycles. The molecule has 0 spiro atoms. The number of nitro benzene ring substituents is 1. The fourth-order valence-electron chi connectivity index (χ4n) is 4.90. The third-order valence-corrected chi connectivity index (χ3v) is 6.35. The van der Waals surface area contributed by atoms with Crippen LogP contribution < -0.4 is 5.32 Å². The Morgan fingerprint density at radius 2 is 1.84 bits per heavy atom. The Hall–Kier alpha value is -3.15. The second kappa shape index (κ2) is 8.92. The Morgan fingerprint density at radius 1 is 1.13 bits per heavy atom. The van der Waals surface area contributed by atoms with Crippen LogP contribution in [0.25, 0.3) is 0 Å². The minimum atomic E-state index is -0.369. The van der Waals surface area contributed by atoms with Gasteiger partial charge in [-0.25, -0.2) is 0 Å². The molecule has 1 aliphatic carbocycles. The fraction of sp³-hybridized carbons (Fsp3) is 0.400. The summed E-state index contributed by atoms with van der Waals surface area (Å²) in [6, 6.07) is 12.9. The van der Waals surface area contributed by atoms with Crippen molar-refractivity contribution >= 4 is 17.3 Å². The maximum atomic E-state index is 13.1. The van der Waals surface area contributed by atoms with E-state index in [1.54, 1.807) is 12.1 Å². The van der Waals surface area contributed by atoms with Gasteiger partial charge in [0.25, 0.3) is 11.6 Å². The molecule has 0 saturated carbocycles. The Morgan fingerprint density at radius 3 is 2.48 bits per heavy atom. The Labute approximate surface area is 183 Å². The lowest BCUT2D eigenvalue weighted by atomic mass is 9.76. The van der Waals surface area contributed by atoms with Gasteiger partial charge in [-0.2, -0.15) is 0 Å². The molecule has 0 aromatic heterocycles. The number of rotatable bonds is 7. The number of fused-ring (bicyclic) bond motifs is 3. The number of nitrogens with zero attached hydrogens (tertiary/aromatic N) is 2. The smallest absolute Gasteiger partial charge is 0.269 e. The van der Waals surface area contributed by atoms with Crippen molar-refractivity contribution in [2.75, 3.05) is 18.4 Å². The maximum absolute atomic E-state index is 13.1. The minimum absolute atomic E-state index is 0.0755. The summed E-state index contributed by atoms with van der Waals surface area (Å²) < 4.78 is 0. The Bertz CT molecular complexity index is 994. The summed E-state index contributed by atoms with van der Waals surface area (Å²) in [5, 5.41) is 14.6. The van der Waals surface area contributed by atoms with Crippen molar-refractivity contribution in [3.8, 4) is 0 Å². The van der Waals surface area contributed by atoms with E-state index in [0.717, 1.165) is 54.7 Å². The van der Waals surface area contributed by atoms with E-state index in [1.165, 1.54) is 0 Å². The summed E-state index contributed by atoms with van der Waals surface area (Å²) in [4.78, 5) is 25.7. The molecule has 0 fully saturated rings. The van der Waals surface area contributed by atoms with Crippen LogP contribution in [0.5, 0.6) is 0 Å². The van der Waals surface area contributed by atoms with Crippen LogP contribution in [-0.4, -0.2) is 28.8 Å². The molecule has 162 valence electrons. The molecular weight excluding hydrogens is 390 g/mol. The summed E-state index contributed by atoms with van der Waals surface area (Å²) in [6.45, 7) is 5.74. The zero-order chi connectivity index (χ0) is 22.0. The fourth-order valence-corrected chi connectivity index (χ4v) is 4.90. The van der Waals surface area contributed by atoms with Crippen LogP contribution in [0.3, 0.4) is 0 Å². The lowest BCUT2D eigenvalue weighted by molar-refractivity contribution is -0.384. The van der Waals surface area contributed by atoms with E-state index >= 15 is 0 Å². The first kappa shape index (κ1) is 21.1. The van der Waals surface area contributed by atoms with Crippen LogP contribution in [0.1, 0.15) is 66.6 Å². The molecule has 2 aromatic carbocycles. The van der Waals surface area contributed by atoms with Crippen LogP contribution in [0.2, 0.25) is 0 Å². The van der Waals surface area contributed by atoms with Crippen molar-refractivity contribution in [1.29, 1.82) is 0 Å². The Balaban J connectivity index is 1.64. The van der Waals surface area contributed by atoms with Crippen molar-refractivity contribution in [1.82, 2.24) is 4.90 Å². The van der Waals surface area contributed by atoms with E-state index < -0.39 is 0 Å². The second-order valence-electron chi connectivity index (χ2n) is 8.42. The lowest BCUT2D eigenvalue weighted by Gasteiger charge is -2.38. The van der Waals surface area contributed by atoms with Gasteiger partial charge in [-0.05, 0) is 54.5 Å². The number of amides is 1. The number of carbonyl (C=O) groups excluding carboxylic acids is 1. The van der Waals surface area contributed by atoms with Gasteiger partial charge in [-0.15, -0.1) is 0 Å². The van der Waals surface area contributed by atoms with Gasteiger partial charge < -0.3 is 10.2 Å². The topological polar surface area (TPSA) is 75.5 Å². The van der Waals surface area contributed by atoms with Gasteiger partial charge in [0.15, 0.2) is 0 Å². The number of carbonyl (C=O) groups is 1.